The molecule has 0 radical (unpaired) electrons. The van der Waals surface area contributed by atoms with Gasteiger partial charge in [-0.15, -0.1) is 12.3 Å². The monoisotopic (exact) mass is 478 g/mol. The molecule has 2 amide bonds. The summed E-state index contributed by atoms with van der Waals surface area (Å²) in [5.41, 5.74) is 11.5. The second-order valence-electron chi connectivity index (χ2n) is 7.39. The van der Waals surface area contributed by atoms with Crippen LogP contribution in [-0.2, 0) is 20.7 Å². The van der Waals surface area contributed by atoms with E-state index in [9.17, 15) is 4.79 Å². The summed E-state index contributed by atoms with van der Waals surface area (Å²) < 4.78 is 5.44. The van der Waals surface area contributed by atoms with Crippen LogP contribution in [0.1, 0.15) is 50.8 Å². The molecule has 0 aliphatic carbocycles. The lowest BCUT2D eigenvalue weighted by Gasteiger charge is -2.24. The lowest BCUT2D eigenvalue weighted by Crippen LogP contribution is -2.29. The van der Waals surface area contributed by atoms with Crippen LogP contribution in [-0.4, -0.2) is 41.5 Å². The number of nitrogens with one attached hydrogen (secondary N) is 2. The number of carbonyl (C=O) groups is 2. The number of amides is 2. The Morgan fingerprint density at radius 1 is 1.31 bits per heavy atom. The topological polar surface area (TPSA) is 145 Å². The molecule has 0 spiro atoms. The van der Waals surface area contributed by atoms with E-state index in [-0.39, 0.29) is 12.3 Å². The normalized spacial score (nSPS) is 12.1. The molecule has 35 heavy (non-hydrogen) atoms. The predicted molar refractivity (Wildman–Crippen MR) is 139 cm³/mol. The molecule has 1 saturated heterocycles. The van der Waals surface area contributed by atoms with Crippen LogP contribution in [0, 0.1) is 24.2 Å². The maximum atomic E-state index is 9.22. The fraction of sp³-hybridized carbons (Fsp3) is 0.385. The largest absolute Gasteiger partial charge is 0.381 e. The van der Waals surface area contributed by atoms with Gasteiger partial charge in [-0.2, -0.15) is 0 Å². The summed E-state index contributed by atoms with van der Waals surface area (Å²) in [5, 5.41) is 6.88. The summed E-state index contributed by atoms with van der Waals surface area (Å²) in [4.78, 5) is 27.2. The number of hydrogen-bond acceptors (Lipinski definition) is 7. The predicted octanol–water partition coefficient (Wildman–Crippen LogP) is 2.73. The molecule has 2 heterocycles. The Morgan fingerprint density at radius 2 is 2.00 bits per heavy atom. The quantitative estimate of drug-likeness (QED) is 0.284. The third-order valence-electron chi connectivity index (χ3n) is 4.51. The Kier molecular flexibility index (Phi) is 14.4. The Bertz CT molecular complexity index is 1030. The fourth-order valence-corrected chi connectivity index (χ4v) is 3.01. The summed E-state index contributed by atoms with van der Waals surface area (Å²) in [6, 6.07) is 8.34. The fourth-order valence-electron chi connectivity index (χ4n) is 3.01. The Hall–Kier alpha value is -4.08. The van der Waals surface area contributed by atoms with Gasteiger partial charge in [0.15, 0.2) is 5.82 Å². The number of nitrogens with zero attached hydrogens (tertiary/aromatic N) is 2. The molecular formula is C26H34N6O3. The number of primary amides is 2. The second-order valence-corrected chi connectivity index (χ2v) is 7.39. The Labute approximate surface area is 207 Å². The van der Waals surface area contributed by atoms with Gasteiger partial charge in [-0.3, -0.25) is 14.6 Å². The van der Waals surface area contributed by atoms with Crippen molar-refractivity contribution in [3.63, 3.8) is 0 Å². The lowest BCUT2D eigenvalue weighted by molar-refractivity contribution is -0.116. The van der Waals surface area contributed by atoms with E-state index < -0.39 is 0 Å². The average Bonchev–Trinajstić information content (AvgIpc) is 2.83. The lowest BCUT2D eigenvalue weighted by atomic mass is 10.1. The summed E-state index contributed by atoms with van der Waals surface area (Å²) >= 11 is 0. The van der Waals surface area contributed by atoms with E-state index in [0.29, 0.717) is 24.7 Å². The van der Waals surface area contributed by atoms with E-state index in [1.807, 2.05) is 24.3 Å². The van der Waals surface area contributed by atoms with Gasteiger partial charge in [0.2, 0.25) is 12.3 Å². The maximum absolute atomic E-state index is 9.22. The summed E-state index contributed by atoms with van der Waals surface area (Å²) in [5.74, 6) is 10.1. The minimum Gasteiger partial charge on any atom is -0.381 e. The van der Waals surface area contributed by atoms with Gasteiger partial charge < -0.3 is 26.8 Å². The first kappa shape index (κ1) is 29.0. The number of hydrogen-bond donors (Lipinski definition) is 4. The van der Waals surface area contributed by atoms with Crippen LogP contribution in [0.3, 0.4) is 0 Å². The smallest absolute Gasteiger partial charge is 0.214 e. The van der Waals surface area contributed by atoms with Gasteiger partial charge in [-0.05, 0) is 37.5 Å². The van der Waals surface area contributed by atoms with E-state index >= 15 is 0 Å². The van der Waals surface area contributed by atoms with E-state index in [1.165, 1.54) is 6.92 Å². The number of aryl methyl sites for hydroxylation is 1. The number of aromatic nitrogens is 2. The van der Waals surface area contributed by atoms with Gasteiger partial charge >= 0.3 is 0 Å². The zero-order chi connectivity index (χ0) is 25.9. The van der Waals surface area contributed by atoms with Crippen LogP contribution in [0.4, 0.5) is 17.3 Å². The molecule has 1 aromatic heterocycles. The molecule has 2 aromatic rings. The summed E-state index contributed by atoms with van der Waals surface area (Å²) in [6.45, 7) is 4.98. The van der Waals surface area contributed by atoms with Crippen molar-refractivity contribution in [2.45, 2.75) is 52.0 Å². The zero-order valence-corrected chi connectivity index (χ0v) is 20.3. The van der Waals surface area contributed by atoms with Crippen molar-refractivity contribution >= 4 is 29.6 Å². The van der Waals surface area contributed by atoms with Gasteiger partial charge in [-0.25, -0.2) is 4.98 Å². The first-order valence-electron chi connectivity index (χ1n) is 11.3. The number of unbranched alkanes of at least 4 members (excludes halogenated alkanes) is 1. The van der Waals surface area contributed by atoms with Crippen molar-refractivity contribution in [2.75, 3.05) is 23.8 Å². The van der Waals surface area contributed by atoms with E-state index in [4.69, 9.17) is 20.9 Å². The molecule has 1 fully saturated rings. The molecule has 6 N–H and O–H groups in total. The summed E-state index contributed by atoms with van der Waals surface area (Å²) in [7, 11) is 0. The number of rotatable bonds is 6. The van der Waals surface area contributed by atoms with Crippen molar-refractivity contribution in [1.29, 1.82) is 0 Å². The standard InChI is InChI=1S/C23H26N4O.C2H5NO.CH3NO/c1-3-5-6-7-9-18-10-8-11-20(16-18)25-22-17-24-21(4-2)23(27-22)26-19-12-14-28-15-13-19;1-2(3)4;2-1-3/h1,8,10-11,16-17,19H,4-6,12-15H2,2H3,(H2,25,26,27);1H3,(H2,3,4);1H,(H2,2,3). The van der Waals surface area contributed by atoms with Crippen LogP contribution in [0.2, 0.25) is 0 Å². The van der Waals surface area contributed by atoms with E-state index in [1.54, 1.807) is 6.20 Å². The molecular weight excluding hydrogens is 444 g/mol. The maximum Gasteiger partial charge on any atom is 0.214 e. The molecule has 9 heteroatoms. The highest BCUT2D eigenvalue weighted by atomic mass is 16.5. The molecule has 1 aliphatic rings. The molecule has 0 unspecified atom stereocenters. The van der Waals surface area contributed by atoms with Crippen LogP contribution < -0.4 is 22.1 Å². The number of nitrogens with two attached hydrogens (primary N) is 2. The minimum absolute atomic E-state index is 0.250. The highest BCUT2D eigenvalue weighted by Gasteiger charge is 2.16. The van der Waals surface area contributed by atoms with Gasteiger partial charge in [0.05, 0.1) is 11.9 Å². The van der Waals surface area contributed by atoms with Crippen molar-refractivity contribution in [2.24, 2.45) is 11.5 Å². The molecule has 0 atom stereocenters. The Balaban J connectivity index is 0.000000778. The van der Waals surface area contributed by atoms with Gasteiger partial charge in [-0.1, -0.05) is 24.8 Å². The average molecular weight is 479 g/mol. The number of carbonyl (C=O) groups excluding carboxylic acids is 2. The first-order chi connectivity index (χ1) is 16.9. The van der Waals surface area contributed by atoms with Crippen molar-refractivity contribution in [3.8, 4) is 24.2 Å². The molecule has 0 saturated carbocycles. The SMILES string of the molecule is C#CCCC#Cc1cccc(Nc2cnc(CC)c(NC3CCOCC3)n2)c1.CC(N)=O.NC=O. The van der Waals surface area contributed by atoms with Crippen molar-refractivity contribution in [3.05, 3.63) is 41.7 Å². The number of benzene rings is 1. The molecule has 1 aliphatic heterocycles. The van der Waals surface area contributed by atoms with Crippen LogP contribution in [0.25, 0.3) is 0 Å². The molecule has 9 nitrogen and oxygen atoms in total. The molecule has 1 aromatic carbocycles. The van der Waals surface area contributed by atoms with Crippen LogP contribution >= 0.6 is 0 Å². The third kappa shape index (κ3) is 12.7. The molecule has 186 valence electrons. The molecule has 3 rings (SSSR count). The Morgan fingerprint density at radius 3 is 2.63 bits per heavy atom. The zero-order valence-electron chi connectivity index (χ0n) is 20.3. The third-order valence-corrected chi connectivity index (χ3v) is 4.51. The van der Waals surface area contributed by atoms with Gasteiger partial charge in [0.25, 0.3) is 0 Å². The van der Waals surface area contributed by atoms with Crippen molar-refractivity contribution in [1.82, 2.24) is 9.97 Å². The highest BCUT2D eigenvalue weighted by Crippen LogP contribution is 2.21. The van der Waals surface area contributed by atoms with E-state index in [0.717, 1.165) is 55.2 Å². The minimum atomic E-state index is -0.333. The number of ether oxygens (including phenoxy) is 1. The number of terminal acetylenes is 1. The van der Waals surface area contributed by atoms with E-state index in [2.05, 4.69) is 51.8 Å². The first-order valence-corrected chi connectivity index (χ1v) is 11.3. The van der Waals surface area contributed by atoms with Gasteiger partial charge in [0, 0.05) is 50.3 Å². The molecule has 0 bridgehead atoms. The van der Waals surface area contributed by atoms with Crippen LogP contribution in [0.5, 0.6) is 0 Å². The van der Waals surface area contributed by atoms with Gasteiger partial charge in [0.1, 0.15) is 5.82 Å². The number of anilines is 3. The second kappa shape index (κ2) is 17.4. The van der Waals surface area contributed by atoms with Crippen LogP contribution in [0.15, 0.2) is 30.5 Å². The summed E-state index contributed by atoms with van der Waals surface area (Å²) in [6.07, 6.45) is 11.5. The van der Waals surface area contributed by atoms with Crippen molar-refractivity contribution < 1.29 is 14.3 Å². The highest BCUT2D eigenvalue weighted by molar-refractivity contribution is 5.70.